The normalized spacial score (nSPS) is 9.73. The zero-order valence-electron chi connectivity index (χ0n) is 7.47. The third kappa shape index (κ3) is 3.98. The van der Waals surface area contributed by atoms with Crippen LogP contribution in [0, 0.1) is 0 Å². The Labute approximate surface area is 68.6 Å². The zero-order chi connectivity index (χ0) is 8.69. The smallest absolute Gasteiger partial charge is 0.222 e. The van der Waals surface area contributed by atoms with Gasteiger partial charge in [-0.2, -0.15) is 0 Å². The number of carbonyl (C=O) groups excluding carboxylic acids is 1. The molecule has 0 saturated heterocycles. The van der Waals surface area contributed by atoms with Gasteiger partial charge in [0.1, 0.15) is 0 Å². The van der Waals surface area contributed by atoms with Crippen LogP contribution in [0.1, 0.15) is 26.7 Å². The number of hydrogen-bond acceptors (Lipinski definition) is 2. The minimum Gasteiger partial charge on any atom is -0.343 e. The molecule has 0 atom stereocenters. The molecule has 11 heavy (non-hydrogen) atoms. The Hall–Kier alpha value is -0.570. The Kier molecular flexibility index (Phi) is 5.84. The first-order valence-corrected chi connectivity index (χ1v) is 4.24. The molecule has 0 aliphatic heterocycles. The molecule has 0 bridgehead atoms. The Balaban J connectivity index is 3.65. The Morgan fingerprint density at radius 2 is 2.09 bits per heavy atom. The summed E-state index contributed by atoms with van der Waals surface area (Å²) in [5, 5.41) is 0. The largest absolute Gasteiger partial charge is 0.343 e. The number of rotatable bonds is 5. The topological polar surface area (TPSA) is 46.3 Å². The lowest BCUT2D eigenvalue weighted by atomic mass is 10.3. The van der Waals surface area contributed by atoms with Gasteiger partial charge in [-0.1, -0.05) is 6.92 Å². The summed E-state index contributed by atoms with van der Waals surface area (Å²) >= 11 is 0. The fraction of sp³-hybridized carbons (Fsp3) is 0.875. The van der Waals surface area contributed by atoms with Crippen molar-refractivity contribution in [2.24, 2.45) is 5.73 Å². The van der Waals surface area contributed by atoms with Crippen LogP contribution >= 0.6 is 0 Å². The molecule has 0 fully saturated rings. The van der Waals surface area contributed by atoms with Crippen molar-refractivity contribution < 1.29 is 4.79 Å². The zero-order valence-corrected chi connectivity index (χ0v) is 7.47. The summed E-state index contributed by atoms with van der Waals surface area (Å²) in [7, 11) is 0. The van der Waals surface area contributed by atoms with E-state index in [2.05, 4.69) is 0 Å². The first-order chi connectivity index (χ1) is 5.26. The highest BCUT2D eigenvalue weighted by Gasteiger charge is 2.06. The first-order valence-electron chi connectivity index (χ1n) is 4.24. The Bertz CT molecular complexity index is 115. The third-order valence-electron chi connectivity index (χ3n) is 1.67. The van der Waals surface area contributed by atoms with Gasteiger partial charge in [-0.25, -0.2) is 0 Å². The van der Waals surface area contributed by atoms with E-state index < -0.39 is 0 Å². The van der Waals surface area contributed by atoms with Crippen molar-refractivity contribution in [3.8, 4) is 0 Å². The van der Waals surface area contributed by atoms with E-state index in [4.69, 9.17) is 5.73 Å². The summed E-state index contributed by atoms with van der Waals surface area (Å²) in [6, 6.07) is 0. The van der Waals surface area contributed by atoms with Gasteiger partial charge >= 0.3 is 0 Å². The van der Waals surface area contributed by atoms with E-state index in [1.54, 1.807) is 0 Å². The number of amides is 1. The molecule has 1 amide bonds. The van der Waals surface area contributed by atoms with Gasteiger partial charge in [-0.3, -0.25) is 4.79 Å². The molecule has 0 spiro atoms. The highest BCUT2D eigenvalue weighted by atomic mass is 16.2. The van der Waals surface area contributed by atoms with Gasteiger partial charge in [-0.15, -0.1) is 0 Å². The minimum atomic E-state index is 0.223. The molecule has 0 aromatic rings. The standard InChI is InChI=1S/C8H18N2O/c1-3-8(11)10(4-2)7-5-6-9/h3-7,9H2,1-2H3. The van der Waals surface area contributed by atoms with E-state index in [-0.39, 0.29) is 5.91 Å². The van der Waals surface area contributed by atoms with Crippen molar-refractivity contribution in [1.29, 1.82) is 0 Å². The molecule has 0 heterocycles. The van der Waals surface area contributed by atoms with E-state index in [1.165, 1.54) is 0 Å². The average Bonchev–Trinajstić information content (AvgIpc) is 2.05. The van der Waals surface area contributed by atoms with Crippen LogP contribution in [0.15, 0.2) is 0 Å². The maximum absolute atomic E-state index is 11.1. The molecule has 0 unspecified atom stereocenters. The van der Waals surface area contributed by atoms with Gasteiger partial charge in [0, 0.05) is 19.5 Å². The number of nitrogens with two attached hydrogens (primary N) is 1. The van der Waals surface area contributed by atoms with E-state index in [1.807, 2.05) is 18.7 Å². The van der Waals surface area contributed by atoms with E-state index in [0.29, 0.717) is 13.0 Å². The summed E-state index contributed by atoms with van der Waals surface area (Å²) in [6.07, 6.45) is 1.50. The molecular formula is C8H18N2O. The van der Waals surface area contributed by atoms with Crippen LogP contribution in [0.5, 0.6) is 0 Å². The van der Waals surface area contributed by atoms with Gasteiger partial charge in [0.25, 0.3) is 0 Å². The second kappa shape index (κ2) is 6.16. The van der Waals surface area contributed by atoms with Crippen LogP contribution in [0.4, 0.5) is 0 Å². The van der Waals surface area contributed by atoms with Crippen LogP contribution in [0.3, 0.4) is 0 Å². The molecule has 0 aliphatic carbocycles. The molecule has 0 aliphatic rings. The molecule has 2 N–H and O–H groups in total. The second-order valence-electron chi connectivity index (χ2n) is 2.47. The molecule has 0 aromatic heterocycles. The lowest BCUT2D eigenvalue weighted by Crippen LogP contribution is -2.32. The highest BCUT2D eigenvalue weighted by molar-refractivity contribution is 5.75. The van der Waals surface area contributed by atoms with Crippen LogP contribution in [0.25, 0.3) is 0 Å². The summed E-state index contributed by atoms with van der Waals surface area (Å²) < 4.78 is 0. The predicted molar refractivity (Wildman–Crippen MR) is 46.2 cm³/mol. The summed E-state index contributed by atoms with van der Waals surface area (Å²) in [6.45, 7) is 6.14. The van der Waals surface area contributed by atoms with Crippen LogP contribution < -0.4 is 5.73 Å². The van der Waals surface area contributed by atoms with Crippen molar-refractivity contribution >= 4 is 5.91 Å². The Morgan fingerprint density at radius 1 is 1.45 bits per heavy atom. The van der Waals surface area contributed by atoms with Crippen molar-refractivity contribution in [2.75, 3.05) is 19.6 Å². The maximum Gasteiger partial charge on any atom is 0.222 e. The average molecular weight is 158 g/mol. The first kappa shape index (κ1) is 10.4. The van der Waals surface area contributed by atoms with Crippen molar-refractivity contribution in [3.05, 3.63) is 0 Å². The van der Waals surface area contributed by atoms with Gasteiger partial charge in [-0.05, 0) is 19.9 Å². The molecule has 3 nitrogen and oxygen atoms in total. The van der Waals surface area contributed by atoms with Crippen LogP contribution in [-0.2, 0) is 4.79 Å². The number of nitrogens with zero attached hydrogens (tertiary/aromatic N) is 1. The third-order valence-corrected chi connectivity index (χ3v) is 1.67. The van der Waals surface area contributed by atoms with Crippen molar-refractivity contribution in [2.45, 2.75) is 26.7 Å². The lowest BCUT2D eigenvalue weighted by Gasteiger charge is -2.19. The minimum absolute atomic E-state index is 0.223. The van der Waals surface area contributed by atoms with Crippen LogP contribution in [0.2, 0.25) is 0 Å². The van der Waals surface area contributed by atoms with Crippen molar-refractivity contribution in [1.82, 2.24) is 4.90 Å². The second-order valence-corrected chi connectivity index (χ2v) is 2.47. The van der Waals surface area contributed by atoms with E-state index in [9.17, 15) is 4.79 Å². The van der Waals surface area contributed by atoms with E-state index >= 15 is 0 Å². The van der Waals surface area contributed by atoms with Gasteiger partial charge in [0.15, 0.2) is 0 Å². The highest BCUT2D eigenvalue weighted by Crippen LogP contribution is 1.94. The van der Waals surface area contributed by atoms with Gasteiger partial charge in [0.2, 0.25) is 5.91 Å². The fourth-order valence-corrected chi connectivity index (χ4v) is 0.965. The SMILES string of the molecule is CCC(=O)N(CC)CCCN. The molecule has 66 valence electrons. The lowest BCUT2D eigenvalue weighted by molar-refractivity contribution is -0.130. The fourth-order valence-electron chi connectivity index (χ4n) is 0.965. The molecular weight excluding hydrogens is 140 g/mol. The Morgan fingerprint density at radius 3 is 2.45 bits per heavy atom. The van der Waals surface area contributed by atoms with Crippen LogP contribution in [-0.4, -0.2) is 30.4 Å². The van der Waals surface area contributed by atoms with Gasteiger partial charge < -0.3 is 10.6 Å². The summed E-state index contributed by atoms with van der Waals surface area (Å²) in [4.78, 5) is 13.0. The summed E-state index contributed by atoms with van der Waals surface area (Å²) in [5.41, 5.74) is 5.34. The quantitative estimate of drug-likeness (QED) is 0.636. The molecule has 0 aromatic carbocycles. The summed E-state index contributed by atoms with van der Waals surface area (Å²) in [5.74, 6) is 0.223. The van der Waals surface area contributed by atoms with Gasteiger partial charge in [0.05, 0.1) is 0 Å². The predicted octanol–water partition coefficient (Wildman–Crippen LogP) is 0.594. The number of hydrogen-bond donors (Lipinski definition) is 1. The maximum atomic E-state index is 11.1. The monoisotopic (exact) mass is 158 g/mol. The van der Waals surface area contributed by atoms with Crippen molar-refractivity contribution in [3.63, 3.8) is 0 Å². The molecule has 3 heteroatoms. The molecule has 0 radical (unpaired) electrons. The van der Waals surface area contributed by atoms with E-state index in [0.717, 1.165) is 19.5 Å². The molecule has 0 saturated carbocycles. The number of carbonyl (C=O) groups is 1. The molecule has 0 rings (SSSR count).